The molecule has 0 bridgehead atoms. The molecule has 4 aromatic carbocycles. The van der Waals surface area contributed by atoms with Gasteiger partial charge in [0.05, 0.1) is 0 Å². The molecule has 0 unspecified atom stereocenters. The molecule has 0 spiro atoms. The summed E-state index contributed by atoms with van der Waals surface area (Å²) in [5.41, 5.74) is 4.60. The minimum absolute atomic E-state index is 0. The van der Waals surface area contributed by atoms with Gasteiger partial charge in [-0.3, -0.25) is 0 Å². The fourth-order valence-electron chi connectivity index (χ4n) is 3.28. The van der Waals surface area contributed by atoms with Crippen molar-refractivity contribution in [1.82, 2.24) is 0 Å². The SMILES string of the molecule is CC(C)c1cccc(C(C)C)c1[CH-]c1cccccc1=O.[Ni+3].[c-]1ccccc1.[c-]1ccccc1. The zero-order valence-corrected chi connectivity index (χ0v) is 21.3. The number of benzene rings is 3. The minimum atomic E-state index is 0. The van der Waals surface area contributed by atoms with Crippen molar-refractivity contribution in [3.8, 4) is 0 Å². The quantitative estimate of drug-likeness (QED) is 0.209. The summed E-state index contributed by atoms with van der Waals surface area (Å²) < 4.78 is 0. The Bertz CT molecular complexity index is 995. The van der Waals surface area contributed by atoms with E-state index in [-0.39, 0.29) is 21.9 Å². The van der Waals surface area contributed by atoms with Gasteiger partial charge < -0.3 is 4.79 Å². The van der Waals surface area contributed by atoms with E-state index < -0.39 is 0 Å². The Morgan fingerprint density at radius 1 is 0.588 bits per heavy atom. The first-order valence-corrected chi connectivity index (χ1v) is 11.4. The summed E-state index contributed by atoms with van der Waals surface area (Å²) in [7, 11) is 0. The van der Waals surface area contributed by atoms with Crippen molar-refractivity contribution in [2.45, 2.75) is 39.5 Å². The van der Waals surface area contributed by atoms with E-state index in [1.807, 2.05) is 85.3 Å². The average Bonchev–Trinajstić information content (AvgIpc) is 3.06. The molecule has 0 heterocycles. The van der Waals surface area contributed by atoms with Crippen LogP contribution in [0, 0.1) is 18.6 Å². The maximum Gasteiger partial charge on any atom is 3.00 e. The molecule has 0 aliphatic carbocycles. The second-order valence-corrected chi connectivity index (χ2v) is 8.19. The van der Waals surface area contributed by atoms with Crippen LogP contribution in [0.1, 0.15) is 61.8 Å². The molecule has 0 aliphatic rings. The topological polar surface area (TPSA) is 17.1 Å². The van der Waals surface area contributed by atoms with Crippen LogP contribution in [0.25, 0.3) is 0 Å². The van der Waals surface area contributed by atoms with Gasteiger partial charge >= 0.3 is 16.5 Å². The summed E-state index contributed by atoms with van der Waals surface area (Å²) in [4.78, 5) is 12.2. The van der Waals surface area contributed by atoms with Crippen molar-refractivity contribution in [2.24, 2.45) is 0 Å². The maximum atomic E-state index is 12.2. The van der Waals surface area contributed by atoms with Gasteiger partial charge in [0.2, 0.25) is 0 Å². The molecule has 4 aromatic rings. The van der Waals surface area contributed by atoms with Crippen LogP contribution in [0.15, 0.2) is 114 Å². The third-order valence-electron chi connectivity index (χ3n) is 4.96. The molecule has 0 aromatic heterocycles. The Labute approximate surface area is 215 Å². The van der Waals surface area contributed by atoms with Crippen LogP contribution in [-0.4, -0.2) is 0 Å². The monoisotopic (exact) mass is 491 g/mol. The molecule has 0 N–H and O–H groups in total. The van der Waals surface area contributed by atoms with Gasteiger partial charge in [0.15, 0.2) is 0 Å². The molecule has 0 saturated carbocycles. The predicted octanol–water partition coefficient (Wildman–Crippen LogP) is 7.87. The Balaban J connectivity index is 0.000000361. The standard InChI is InChI=1S/C20H23O.2C6H5.Ni/c1-14(2)17-10-8-11-18(15(3)4)19(17)13-16-9-6-5-7-12-20(16)21;2*1-2-4-6-5-3-1;/h5-15H,1-4H3;2*1-5H;/q3*-1;+3. The Morgan fingerprint density at radius 2 is 1.03 bits per heavy atom. The van der Waals surface area contributed by atoms with E-state index in [2.05, 4.69) is 58.0 Å². The molecular formula is C32H33NiO. The molecule has 34 heavy (non-hydrogen) atoms. The third kappa shape index (κ3) is 10.2. The summed E-state index contributed by atoms with van der Waals surface area (Å²) in [6, 6.07) is 40.5. The van der Waals surface area contributed by atoms with Crippen molar-refractivity contribution in [1.29, 1.82) is 0 Å². The van der Waals surface area contributed by atoms with E-state index in [4.69, 9.17) is 0 Å². The zero-order valence-electron chi connectivity index (χ0n) is 20.3. The van der Waals surface area contributed by atoms with E-state index in [0.29, 0.717) is 11.8 Å². The van der Waals surface area contributed by atoms with Crippen molar-refractivity contribution >= 4 is 0 Å². The Hall–Kier alpha value is -3.09. The van der Waals surface area contributed by atoms with Crippen LogP contribution in [0.2, 0.25) is 0 Å². The smallest absolute Gasteiger partial charge is 0.336 e. The molecule has 0 fully saturated rings. The second-order valence-electron chi connectivity index (χ2n) is 8.19. The Morgan fingerprint density at radius 3 is 1.41 bits per heavy atom. The van der Waals surface area contributed by atoms with Gasteiger partial charge in [0.25, 0.3) is 0 Å². The van der Waals surface area contributed by atoms with Gasteiger partial charge in [-0.1, -0.05) is 69.7 Å². The first kappa shape index (κ1) is 28.9. The van der Waals surface area contributed by atoms with E-state index in [0.717, 1.165) is 5.56 Å². The predicted molar refractivity (Wildman–Crippen MR) is 140 cm³/mol. The molecule has 0 atom stereocenters. The van der Waals surface area contributed by atoms with Crippen LogP contribution in [0.3, 0.4) is 0 Å². The molecular weight excluding hydrogens is 459 g/mol. The largest absolute Gasteiger partial charge is 3.00 e. The molecule has 0 amide bonds. The summed E-state index contributed by atoms with van der Waals surface area (Å²) >= 11 is 0. The van der Waals surface area contributed by atoms with Gasteiger partial charge in [-0.25, -0.2) is 0 Å². The number of rotatable bonds is 4. The third-order valence-corrected chi connectivity index (χ3v) is 4.96. The number of hydrogen-bond acceptors (Lipinski definition) is 1. The normalized spacial score (nSPS) is 9.59. The second kappa shape index (κ2) is 16.5. The average molecular weight is 492 g/mol. The molecule has 2 heteroatoms. The molecule has 0 aliphatic heterocycles. The summed E-state index contributed by atoms with van der Waals surface area (Å²) in [5.74, 6) is 0.866. The van der Waals surface area contributed by atoms with Gasteiger partial charge in [0, 0.05) is 0 Å². The van der Waals surface area contributed by atoms with Crippen molar-refractivity contribution in [3.63, 3.8) is 0 Å². The zero-order chi connectivity index (χ0) is 23.9. The molecule has 4 rings (SSSR count). The summed E-state index contributed by atoms with van der Waals surface area (Å²) in [6.45, 7) is 8.78. The number of hydrogen-bond donors (Lipinski definition) is 0. The van der Waals surface area contributed by atoms with Crippen LogP contribution in [-0.2, 0) is 16.5 Å². The van der Waals surface area contributed by atoms with Crippen LogP contribution < -0.4 is 5.43 Å². The summed E-state index contributed by atoms with van der Waals surface area (Å²) in [6.07, 6.45) is 2.05. The maximum absolute atomic E-state index is 12.2. The van der Waals surface area contributed by atoms with E-state index >= 15 is 0 Å². The van der Waals surface area contributed by atoms with Crippen molar-refractivity contribution in [3.05, 3.63) is 160 Å². The molecule has 1 radical (unpaired) electrons. The molecule has 0 saturated heterocycles. The Kier molecular flexibility index (Phi) is 14.1. The van der Waals surface area contributed by atoms with Crippen LogP contribution >= 0.6 is 0 Å². The van der Waals surface area contributed by atoms with Gasteiger partial charge in [-0.15, -0.1) is 29.2 Å². The van der Waals surface area contributed by atoms with Gasteiger partial charge in [-0.05, 0) is 17.9 Å². The minimum Gasteiger partial charge on any atom is -0.336 e. The molecule has 1 nitrogen and oxygen atoms in total. The van der Waals surface area contributed by atoms with E-state index in [1.54, 1.807) is 12.1 Å². The fraction of sp³-hybridized carbons (Fsp3) is 0.188. The van der Waals surface area contributed by atoms with Crippen LogP contribution in [0.4, 0.5) is 0 Å². The van der Waals surface area contributed by atoms with Gasteiger partial charge in [0.1, 0.15) is 5.43 Å². The fourth-order valence-corrected chi connectivity index (χ4v) is 3.28. The van der Waals surface area contributed by atoms with E-state index in [1.165, 1.54) is 16.7 Å². The first-order chi connectivity index (χ1) is 16.0. The van der Waals surface area contributed by atoms with Crippen molar-refractivity contribution < 1.29 is 16.5 Å². The molecule has 177 valence electrons. The van der Waals surface area contributed by atoms with Crippen LogP contribution in [0.5, 0.6) is 0 Å². The summed E-state index contributed by atoms with van der Waals surface area (Å²) in [5, 5.41) is 0. The van der Waals surface area contributed by atoms with E-state index in [9.17, 15) is 4.79 Å². The first-order valence-electron chi connectivity index (χ1n) is 11.4. The van der Waals surface area contributed by atoms with Crippen molar-refractivity contribution in [2.75, 3.05) is 0 Å². The van der Waals surface area contributed by atoms with Gasteiger partial charge in [-0.2, -0.15) is 72.8 Å².